The Morgan fingerprint density at radius 1 is 0.692 bits per heavy atom. The van der Waals surface area contributed by atoms with E-state index in [0.717, 1.165) is 9.80 Å². The highest BCUT2D eigenvalue weighted by Crippen LogP contribution is 2.29. The topological polar surface area (TPSA) is 153 Å². The number of nitrogens with zero attached hydrogens (tertiary/aromatic N) is 3. The van der Waals surface area contributed by atoms with Gasteiger partial charge >= 0.3 is 0 Å². The fourth-order valence-corrected chi connectivity index (χ4v) is 3.88. The Morgan fingerprint density at radius 3 is 1.85 bits per heavy atom. The summed E-state index contributed by atoms with van der Waals surface area (Å²) in [5.41, 5.74) is 6.38. The number of phenols is 1. The largest absolute Gasteiger partial charge is 0.506 e. The summed E-state index contributed by atoms with van der Waals surface area (Å²) in [5.74, 6) is -3.14. The molecule has 3 aromatic carbocycles. The van der Waals surface area contributed by atoms with Crippen LogP contribution < -0.4 is 25.8 Å². The number of hydrogen-bond acceptors (Lipinski definition) is 6. The molecule has 3 rings (SSSR count). The molecule has 0 atom stereocenters. The summed E-state index contributed by atoms with van der Waals surface area (Å²) < 4.78 is 0. The van der Waals surface area contributed by atoms with Crippen molar-refractivity contribution in [1.82, 2.24) is 0 Å². The number of carbonyl (C=O) groups is 5. The maximum absolute atomic E-state index is 13.3. The molecular weight excluding hydrogens is 502 g/mol. The molecule has 0 saturated carbocycles. The fourth-order valence-electron chi connectivity index (χ4n) is 3.88. The third kappa shape index (κ3) is 7.41. The predicted molar refractivity (Wildman–Crippen MR) is 147 cm³/mol. The van der Waals surface area contributed by atoms with Gasteiger partial charge in [0.1, 0.15) is 25.4 Å². The molecule has 0 aliphatic rings. The molecule has 0 aliphatic heterocycles. The lowest BCUT2D eigenvalue weighted by Crippen LogP contribution is -2.46. The zero-order chi connectivity index (χ0) is 28.5. The smallest absolute Gasteiger partial charge is 0.247 e. The number of nitrogens with one attached hydrogen (secondary N) is 1. The molecule has 202 valence electrons. The van der Waals surface area contributed by atoms with Crippen LogP contribution in [0.1, 0.15) is 13.8 Å². The Bertz CT molecular complexity index is 1380. The van der Waals surface area contributed by atoms with Crippen LogP contribution in [0.5, 0.6) is 5.75 Å². The molecule has 0 saturated heterocycles. The number of anilines is 4. The SMILES string of the molecule is CC(=O)N(CC(=O)Nc1ccccc1N(CC(=O)N(CC(N)=O)c1ccccc1O)C(C)=O)c1ccccc1. The summed E-state index contributed by atoms with van der Waals surface area (Å²) in [7, 11) is 0. The molecule has 0 heterocycles. The van der Waals surface area contributed by atoms with Crippen LogP contribution in [0.4, 0.5) is 22.7 Å². The molecule has 11 nitrogen and oxygen atoms in total. The van der Waals surface area contributed by atoms with Gasteiger partial charge < -0.3 is 26.0 Å². The summed E-state index contributed by atoms with van der Waals surface area (Å²) in [5, 5.41) is 12.9. The molecule has 5 amide bonds. The van der Waals surface area contributed by atoms with Crippen LogP contribution in [-0.2, 0) is 24.0 Å². The van der Waals surface area contributed by atoms with Gasteiger partial charge in [0.25, 0.3) is 0 Å². The minimum atomic E-state index is -0.818. The van der Waals surface area contributed by atoms with Gasteiger partial charge in [0.05, 0.1) is 17.1 Å². The van der Waals surface area contributed by atoms with E-state index in [4.69, 9.17) is 5.73 Å². The number of rotatable bonds is 10. The number of para-hydroxylation sites is 5. The maximum Gasteiger partial charge on any atom is 0.247 e. The standard InChI is InChI=1S/C28H29N5O6/c1-19(34)31(21-10-4-3-5-11-21)17-27(38)30-22-12-6-7-13-23(22)32(20(2)35)18-28(39)33(16-26(29)37)24-14-8-9-15-25(24)36/h3-15,36H,16-18H2,1-2H3,(H2,29,37)(H,30,38). The number of primary amides is 1. The third-order valence-corrected chi connectivity index (χ3v) is 5.68. The van der Waals surface area contributed by atoms with Crippen LogP contribution in [0.2, 0.25) is 0 Å². The minimum Gasteiger partial charge on any atom is -0.506 e. The number of aromatic hydroxyl groups is 1. The quantitative estimate of drug-likeness (QED) is 0.365. The van der Waals surface area contributed by atoms with Crippen molar-refractivity contribution in [3.05, 3.63) is 78.9 Å². The summed E-state index contributed by atoms with van der Waals surface area (Å²) in [6.45, 7) is 1.26. The van der Waals surface area contributed by atoms with Crippen LogP contribution >= 0.6 is 0 Å². The van der Waals surface area contributed by atoms with Crippen molar-refractivity contribution >= 4 is 52.3 Å². The van der Waals surface area contributed by atoms with E-state index in [2.05, 4.69) is 5.32 Å². The number of benzene rings is 3. The minimum absolute atomic E-state index is 0.0524. The Hall–Kier alpha value is -5.19. The van der Waals surface area contributed by atoms with E-state index in [9.17, 15) is 29.1 Å². The molecule has 4 N–H and O–H groups in total. The van der Waals surface area contributed by atoms with Gasteiger partial charge in [0.15, 0.2) is 0 Å². The molecular formula is C28H29N5O6. The summed E-state index contributed by atoms with van der Waals surface area (Å²) >= 11 is 0. The highest BCUT2D eigenvalue weighted by molar-refractivity contribution is 6.09. The Labute approximate surface area is 225 Å². The number of carbonyl (C=O) groups excluding carboxylic acids is 5. The monoisotopic (exact) mass is 531 g/mol. The summed E-state index contributed by atoms with van der Waals surface area (Å²) in [4.78, 5) is 66.2. The lowest BCUT2D eigenvalue weighted by Gasteiger charge is -2.28. The Balaban J connectivity index is 1.86. The van der Waals surface area contributed by atoms with Crippen molar-refractivity contribution in [2.75, 3.05) is 39.7 Å². The number of amides is 5. The van der Waals surface area contributed by atoms with Gasteiger partial charge in [-0.1, -0.05) is 42.5 Å². The predicted octanol–water partition coefficient (Wildman–Crippen LogP) is 2.26. The van der Waals surface area contributed by atoms with Crippen molar-refractivity contribution in [1.29, 1.82) is 0 Å². The molecule has 39 heavy (non-hydrogen) atoms. The normalized spacial score (nSPS) is 10.3. The Kier molecular flexibility index (Phi) is 9.36. The van der Waals surface area contributed by atoms with E-state index >= 15 is 0 Å². The van der Waals surface area contributed by atoms with Gasteiger partial charge in [-0.05, 0) is 36.4 Å². The third-order valence-electron chi connectivity index (χ3n) is 5.68. The van der Waals surface area contributed by atoms with Crippen molar-refractivity contribution in [2.24, 2.45) is 5.73 Å². The first-order valence-corrected chi connectivity index (χ1v) is 11.9. The van der Waals surface area contributed by atoms with Crippen LogP contribution in [0.25, 0.3) is 0 Å². The van der Waals surface area contributed by atoms with Crippen molar-refractivity contribution < 1.29 is 29.1 Å². The molecule has 0 unspecified atom stereocenters. The van der Waals surface area contributed by atoms with E-state index in [1.54, 1.807) is 66.7 Å². The molecule has 0 aliphatic carbocycles. The lowest BCUT2D eigenvalue weighted by molar-refractivity contribution is -0.123. The van der Waals surface area contributed by atoms with Crippen molar-refractivity contribution in [2.45, 2.75) is 13.8 Å². The number of hydrogen-bond donors (Lipinski definition) is 3. The lowest BCUT2D eigenvalue weighted by atomic mass is 10.2. The van der Waals surface area contributed by atoms with E-state index in [1.807, 2.05) is 0 Å². The zero-order valence-electron chi connectivity index (χ0n) is 21.5. The average molecular weight is 532 g/mol. The molecule has 0 spiro atoms. The second-order valence-electron chi connectivity index (χ2n) is 8.55. The molecule has 3 aromatic rings. The summed E-state index contributed by atoms with van der Waals surface area (Å²) in [6.07, 6.45) is 0. The zero-order valence-corrected chi connectivity index (χ0v) is 21.5. The van der Waals surface area contributed by atoms with Gasteiger partial charge in [-0.15, -0.1) is 0 Å². The first-order chi connectivity index (χ1) is 18.6. The highest BCUT2D eigenvalue weighted by Gasteiger charge is 2.26. The van der Waals surface area contributed by atoms with Gasteiger partial charge in [0.2, 0.25) is 29.5 Å². The number of nitrogens with two attached hydrogens (primary N) is 1. The molecule has 0 bridgehead atoms. The molecule has 0 radical (unpaired) electrons. The van der Waals surface area contributed by atoms with E-state index in [-0.39, 0.29) is 35.3 Å². The van der Waals surface area contributed by atoms with Gasteiger partial charge in [-0.2, -0.15) is 0 Å². The molecule has 11 heteroatoms. The van der Waals surface area contributed by atoms with Crippen LogP contribution in [-0.4, -0.2) is 54.3 Å². The van der Waals surface area contributed by atoms with E-state index in [1.165, 1.54) is 30.9 Å². The number of phenolic OH excluding ortho intramolecular Hbond substituents is 1. The first kappa shape index (κ1) is 28.4. The summed E-state index contributed by atoms with van der Waals surface area (Å²) in [6, 6.07) is 21.0. The van der Waals surface area contributed by atoms with Gasteiger partial charge in [-0.3, -0.25) is 28.9 Å². The highest BCUT2D eigenvalue weighted by atomic mass is 16.3. The van der Waals surface area contributed by atoms with Crippen molar-refractivity contribution in [3.63, 3.8) is 0 Å². The van der Waals surface area contributed by atoms with Gasteiger partial charge in [-0.25, -0.2) is 0 Å². The van der Waals surface area contributed by atoms with E-state index < -0.39 is 36.7 Å². The maximum atomic E-state index is 13.3. The van der Waals surface area contributed by atoms with Crippen molar-refractivity contribution in [3.8, 4) is 5.75 Å². The van der Waals surface area contributed by atoms with Crippen LogP contribution in [0.15, 0.2) is 78.9 Å². The van der Waals surface area contributed by atoms with Crippen LogP contribution in [0, 0.1) is 0 Å². The fraction of sp³-hybridized carbons (Fsp3) is 0.179. The van der Waals surface area contributed by atoms with Gasteiger partial charge in [0, 0.05) is 19.5 Å². The van der Waals surface area contributed by atoms with E-state index in [0.29, 0.717) is 5.69 Å². The Morgan fingerprint density at radius 2 is 1.26 bits per heavy atom. The average Bonchev–Trinajstić information content (AvgIpc) is 2.90. The molecule has 0 fully saturated rings. The first-order valence-electron chi connectivity index (χ1n) is 11.9. The second kappa shape index (κ2) is 12.9. The molecule has 0 aromatic heterocycles. The van der Waals surface area contributed by atoms with Crippen LogP contribution in [0.3, 0.4) is 0 Å². The second-order valence-corrected chi connectivity index (χ2v) is 8.55.